The lowest BCUT2D eigenvalue weighted by molar-refractivity contribution is -0.255. The van der Waals surface area contributed by atoms with Crippen molar-refractivity contribution in [3.8, 4) is 0 Å². The van der Waals surface area contributed by atoms with Gasteiger partial charge in [-0.25, -0.2) is 4.98 Å². The Labute approximate surface area is 105 Å². The van der Waals surface area contributed by atoms with E-state index in [4.69, 9.17) is 0 Å². The standard InChI is InChI=1S/C14H16N2O2/c17-14(18)10-6-7-13-12(8-10)15-9-16(13)11-4-2-1-3-5-11/h6-9,11H,1-5H2,(H,17,18)/p-1. The Balaban J connectivity index is 2.01. The molecule has 0 amide bonds. The minimum absolute atomic E-state index is 0.191. The highest BCUT2D eigenvalue weighted by molar-refractivity contribution is 5.91. The number of hydrogen-bond acceptors (Lipinski definition) is 3. The van der Waals surface area contributed by atoms with E-state index in [1.54, 1.807) is 12.1 Å². The lowest BCUT2D eigenvalue weighted by atomic mass is 9.95. The summed E-state index contributed by atoms with van der Waals surface area (Å²) in [6, 6.07) is 5.53. The molecule has 1 fully saturated rings. The first-order valence-corrected chi connectivity index (χ1v) is 6.43. The maximum absolute atomic E-state index is 10.8. The van der Waals surface area contributed by atoms with Crippen LogP contribution in [0.1, 0.15) is 48.5 Å². The van der Waals surface area contributed by atoms with E-state index in [1.807, 2.05) is 12.4 Å². The number of aromatic carboxylic acids is 1. The van der Waals surface area contributed by atoms with Crippen LogP contribution in [-0.4, -0.2) is 15.5 Å². The Morgan fingerprint density at radius 2 is 2.06 bits per heavy atom. The molecule has 4 nitrogen and oxygen atoms in total. The highest BCUT2D eigenvalue weighted by Crippen LogP contribution is 2.30. The molecule has 4 heteroatoms. The van der Waals surface area contributed by atoms with E-state index in [2.05, 4.69) is 9.55 Å². The van der Waals surface area contributed by atoms with Crippen LogP contribution in [0.4, 0.5) is 0 Å². The second-order valence-corrected chi connectivity index (χ2v) is 4.93. The van der Waals surface area contributed by atoms with Gasteiger partial charge in [0.1, 0.15) is 0 Å². The fourth-order valence-electron chi connectivity index (χ4n) is 2.81. The van der Waals surface area contributed by atoms with Crippen molar-refractivity contribution in [2.45, 2.75) is 38.1 Å². The fourth-order valence-corrected chi connectivity index (χ4v) is 2.81. The molecule has 0 radical (unpaired) electrons. The molecule has 0 aliphatic heterocycles. The van der Waals surface area contributed by atoms with E-state index in [0.29, 0.717) is 6.04 Å². The lowest BCUT2D eigenvalue weighted by Crippen LogP contribution is -2.22. The van der Waals surface area contributed by atoms with Crippen molar-refractivity contribution in [2.24, 2.45) is 0 Å². The molecule has 18 heavy (non-hydrogen) atoms. The SMILES string of the molecule is O=C([O-])c1ccc2c(c1)ncn2C1CCCCC1. The molecule has 0 spiro atoms. The molecule has 1 aliphatic carbocycles. The van der Waals surface area contributed by atoms with E-state index in [1.165, 1.54) is 32.1 Å². The van der Waals surface area contributed by atoms with Gasteiger partial charge in [-0.05, 0) is 30.5 Å². The second-order valence-electron chi connectivity index (χ2n) is 4.93. The van der Waals surface area contributed by atoms with Gasteiger partial charge in [-0.15, -0.1) is 0 Å². The van der Waals surface area contributed by atoms with Crippen LogP contribution in [-0.2, 0) is 0 Å². The van der Waals surface area contributed by atoms with E-state index >= 15 is 0 Å². The highest BCUT2D eigenvalue weighted by Gasteiger charge is 2.17. The number of hydrogen-bond donors (Lipinski definition) is 0. The summed E-state index contributed by atoms with van der Waals surface area (Å²) in [6.45, 7) is 0. The largest absolute Gasteiger partial charge is 0.545 e. The van der Waals surface area contributed by atoms with Crippen molar-refractivity contribution >= 4 is 17.0 Å². The Morgan fingerprint density at radius 3 is 2.78 bits per heavy atom. The summed E-state index contributed by atoms with van der Waals surface area (Å²) in [7, 11) is 0. The van der Waals surface area contributed by atoms with Gasteiger partial charge in [0.05, 0.1) is 23.3 Å². The first kappa shape index (κ1) is 11.3. The molecule has 0 bridgehead atoms. The molecular weight excluding hydrogens is 228 g/mol. The zero-order valence-electron chi connectivity index (χ0n) is 10.1. The van der Waals surface area contributed by atoms with Crippen molar-refractivity contribution in [3.63, 3.8) is 0 Å². The van der Waals surface area contributed by atoms with Gasteiger partial charge < -0.3 is 14.5 Å². The van der Waals surface area contributed by atoms with Gasteiger partial charge in [-0.2, -0.15) is 0 Å². The van der Waals surface area contributed by atoms with E-state index in [-0.39, 0.29) is 5.56 Å². The molecule has 1 aromatic carbocycles. The average Bonchev–Trinajstić information content (AvgIpc) is 2.82. The Morgan fingerprint density at radius 1 is 1.28 bits per heavy atom. The predicted molar refractivity (Wildman–Crippen MR) is 66.2 cm³/mol. The third-order valence-corrected chi connectivity index (χ3v) is 3.78. The summed E-state index contributed by atoms with van der Waals surface area (Å²) in [5.74, 6) is -1.15. The Kier molecular flexibility index (Phi) is 2.78. The number of carboxylic acids is 1. The van der Waals surface area contributed by atoms with Crippen LogP contribution >= 0.6 is 0 Å². The first-order chi connectivity index (χ1) is 8.75. The molecule has 94 valence electrons. The quantitative estimate of drug-likeness (QED) is 0.809. The number of aromatic nitrogens is 2. The van der Waals surface area contributed by atoms with Crippen LogP contribution in [0.2, 0.25) is 0 Å². The average molecular weight is 243 g/mol. The molecule has 0 atom stereocenters. The molecule has 1 aromatic heterocycles. The smallest absolute Gasteiger partial charge is 0.0960 e. The van der Waals surface area contributed by atoms with Gasteiger partial charge >= 0.3 is 0 Å². The van der Waals surface area contributed by atoms with Crippen LogP contribution in [0.15, 0.2) is 24.5 Å². The molecule has 3 rings (SSSR count). The maximum Gasteiger partial charge on any atom is 0.0960 e. The van der Waals surface area contributed by atoms with Crippen LogP contribution in [0.25, 0.3) is 11.0 Å². The van der Waals surface area contributed by atoms with E-state index < -0.39 is 5.97 Å². The summed E-state index contributed by atoms with van der Waals surface area (Å²) in [4.78, 5) is 15.1. The van der Waals surface area contributed by atoms with Crippen molar-refractivity contribution < 1.29 is 9.90 Å². The minimum atomic E-state index is -1.15. The topological polar surface area (TPSA) is 57.9 Å². The number of rotatable bonds is 2. The normalized spacial score (nSPS) is 17.1. The molecule has 0 unspecified atom stereocenters. The van der Waals surface area contributed by atoms with Crippen LogP contribution < -0.4 is 5.11 Å². The molecule has 2 aromatic rings. The number of carbonyl (C=O) groups is 1. The number of carboxylic acid groups (broad SMARTS) is 1. The van der Waals surface area contributed by atoms with Crippen molar-refractivity contribution in [3.05, 3.63) is 30.1 Å². The number of imidazole rings is 1. The predicted octanol–water partition coefficient (Wildman–Crippen LogP) is 1.91. The third kappa shape index (κ3) is 1.88. The van der Waals surface area contributed by atoms with Gasteiger partial charge in [0.2, 0.25) is 0 Å². The summed E-state index contributed by atoms with van der Waals surface area (Å²) in [6.07, 6.45) is 8.06. The van der Waals surface area contributed by atoms with Crippen LogP contribution in [0.3, 0.4) is 0 Å². The highest BCUT2D eigenvalue weighted by atomic mass is 16.4. The minimum Gasteiger partial charge on any atom is -0.545 e. The number of nitrogens with zero attached hydrogens (tertiary/aromatic N) is 2. The van der Waals surface area contributed by atoms with Gasteiger partial charge in [-0.1, -0.05) is 25.3 Å². The summed E-state index contributed by atoms with van der Waals surface area (Å²) < 4.78 is 2.19. The van der Waals surface area contributed by atoms with Crippen molar-refractivity contribution in [1.82, 2.24) is 9.55 Å². The fraction of sp³-hybridized carbons (Fsp3) is 0.429. The number of fused-ring (bicyclic) bond motifs is 1. The second kappa shape index (κ2) is 4.44. The van der Waals surface area contributed by atoms with E-state index in [0.717, 1.165) is 11.0 Å². The van der Waals surface area contributed by atoms with Gasteiger partial charge in [-0.3, -0.25) is 0 Å². The number of carbonyl (C=O) groups excluding carboxylic acids is 1. The molecule has 0 N–H and O–H groups in total. The molecule has 1 saturated carbocycles. The lowest BCUT2D eigenvalue weighted by Gasteiger charge is -2.23. The summed E-state index contributed by atoms with van der Waals surface area (Å²) in [5.41, 5.74) is 1.95. The summed E-state index contributed by atoms with van der Waals surface area (Å²) >= 11 is 0. The molecule has 0 saturated heterocycles. The van der Waals surface area contributed by atoms with Crippen LogP contribution in [0, 0.1) is 0 Å². The van der Waals surface area contributed by atoms with Gasteiger partial charge in [0.25, 0.3) is 0 Å². The number of benzene rings is 1. The van der Waals surface area contributed by atoms with Gasteiger partial charge in [0.15, 0.2) is 0 Å². The third-order valence-electron chi connectivity index (χ3n) is 3.78. The summed E-state index contributed by atoms with van der Waals surface area (Å²) in [5, 5.41) is 10.8. The van der Waals surface area contributed by atoms with Crippen LogP contribution in [0.5, 0.6) is 0 Å². The van der Waals surface area contributed by atoms with Gasteiger partial charge in [0, 0.05) is 6.04 Å². The van der Waals surface area contributed by atoms with Crippen molar-refractivity contribution in [1.29, 1.82) is 0 Å². The van der Waals surface area contributed by atoms with Crippen molar-refractivity contribution in [2.75, 3.05) is 0 Å². The Hall–Kier alpha value is -1.84. The Bertz CT molecular complexity index is 582. The molecule has 1 heterocycles. The zero-order chi connectivity index (χ0) is 12.5. The molecule has 1 aliphatic rings. The first-order valence-electron chi connectivity index (χ1n) is 6.43. The maximum atomic E-state index is 10.8. The molecular formula is C14H15N2O2-. The zero-order valence-corrected chi connectivity index (χ0v) is 10.1. The van der Waals surface area contributed by atoms with E-state index in [9.17, 15) is 9.90 Å². The monoisotopic (exact) mass is 243 g/mol.